The van der Waals surface area contributed by atoms with Crippen LogP contribution in [0.4, 0.5) is 18.9 Å². The third-order valence-corrected chi connectivity index (χ3v) is 5.14. The maximum atomic E-state index is 12.7. The third kappa shape index (κ3) is 4.65. The number of carbonyl (C=O) groups excluding carboxylic acids is 1. The van der Waals surface area contributed by atoms with Crippen LogP contribution in [0, 0.1) is 0 Å². The molecule has 4 aromatic rings. The number of halogens is 4. The van der Waals surface area contributed by atoms with Gasteiger partial charge >= 0.3 is 6.18 Å². The van der Waals surface area contributed by atoms with E-state index < -0.39 is 23.2 Å². The van der Waals surface area contributed by atoms with Gasteiger partial charge in [-0.15, -0.1) is 0 Å². The molecule has 9 heteroatoms. The molecule has 5 nitrogen and oxygen atoms in total. The zero-order valence-electron chi connectivity index (χ0n) is 16.3. The maximum absolute atomic E-state index is 12.7. The Labute approximate surface area is 184 Å². The van der Waals surface area contributed by atoms with Gasteiger partial charge in [-0.25, -0.2) is 5.10 Å². The van der Waals surface area contributed by atoms with Crippen molar-refractivity contribution < 1.29 is 18.0 Å². The summed E-state index contributed by atoms with van der Waals surface area (Å²) in [6, 6.07) is 15.9. The number of hydrogen-bond donors (Lipinski definition) is 2. The summed E-state index contributed by atoms with van der Waals surface area (Å²) in [5, 5.41) is 10.8. The van der Waals surface area contributed by atoms with Gasteiger partial charge in [0.1, 0.15) is 0 Å². The Hall–Kier alpha value is -3.65. The molecule has 2 N–H and O–H groups in total. The van der Waals surface area contributed by atoms with Gasteiger partial charge in [0.25, 0.3) is 11.5 Å². The van der Waals surface area contributed by atoms with E-state index in [0.29, 0.717) is 33.6 Å². The van der Waals surface area contributed by atoms with Crippen LogP contribution in [0.15, 0.2) is 71.5 Å². The summed E-state index contributed by atoms with van der Waals surface area (Å²) >= 11 is 5.91. The summed E-state index contributed by atoms with van der Waals surface area (Å²) in [5.74, 6) is -0.593. The van der Waals surface area contributed by atoms with Crippen molar-refractivity contribution in [3.63, 3.8) is 0 Å². The first kappa shape index (κ1) is 21.6. The molecule has 0 unspecified atom stereocenters. The van der Waals surface area contributed by atoms with Gasteiger partial charge in [-0.2, -0.15) is 18.3 Å². The van der Waals surface area contributed by atoms with E-state index in [-0.39, 0.29) is 5.56 Å². The van der Waals surface area contributed by atoms with Gasteiger partial charge in [0, 0.05) is 28.1 Å². The number of amides is 1. The van der Waals surface area contributed by atoms with Crippen LogP contribution in [0.3, 0.4) is 0 Å². The standard InChI is InChI=1S/C23H15ClF3N3O2/c24-16-7-1-13(2-8-16)11-20-18-10-9-17(12-19(18)22(32)30-29-20)28-21(31)14-3-5-15(6-4-14)23(25,26)27/h1-10,12H,11H2,(H,28,31)(H,30,32). The van der Waals surface area contributed by atoms with E-state index in [9.17, 15) is 22.8 Å². The first-order valence-electron chi connectivity index (χ1n) is 9.45. The second kappa shape index (κ2) is 8.47. The molecule has 162 valence electrons. The average molecular weight is 458 g/mol. The van der Waals surface area contributed by atoms with E-state index >= 15 is 0 Å². The zero-order valence-corrected chi connectivity index (χ0v) is 17.1. The van der Waals surface area contributed by atoms with Crippen molar-refractivity contribution in [1.82, 2.24) is 10.2 Å². The van der Waals surface area contributed by atoms with E-state index in [0.717, 1.165) is 29.8 Å². The number of anilines is 1. The average Bonchev–Trinajstić information content (AvgIpc) is 2.77. The minimum Gasteiger partial charge on any atom is -0.322 e. The predicted molar refractivity (Wildman–Crippen MR) is 116 cm³/mol. The number of benzene rings is 3. The lowest BCUT2D eigenvalue weighted by Crippen LogP contribution is -2.15. The lowest BCUT2D eigenvalue weighted by atomic mass is 10.0. The quantitative estimate of drug-likeness (QED) is 0.428. The topological polar surface area (TPSA) is 74.8 Å². The monoisotopic (exact) mass is 457 g/mol. The van der Waals surface area contributed by atoms with Crippen LogP contribution in [0.5, 0.6) is 0 Å². The summed E-state index contributed by atoms with van der Waals surface area (Å²) in [5.41, 5.74) is 0.719. The van der Waals surface area contributed by atoms with Crippen LogP contribution in [0.25, 0.3) is 10.8 Å². The fourth-order valence-corrected chi connectivity index (χ4v) is 3.37. The number of aromatic amines is 1. The fraction of sp³-hybridized carbons (Fsp3) is 0.0870. The molecule has 1 aromatic heterocycles. The van der Waals surface area contributed by atoms with Crippen LogP contribution in [0.1, 0.15) is 27.2 Å². The lowest BCUT2D eigenvalue weighted by molar-refractivity contribution is -0.137. The molecule has 0 saturated heterocycles. The SMILES string of the molecule is O=C(Nc1ccc2c(Cc3ccc(Cl)cc3)n[nH]c(=O)c2c1)c1ccc(C(F)(F)F)cc1. The molecule has 32 heavy (non-hydrogen) atoms. The largest absolute Gasteiger partial charge is 0.416 e. The number of aromatic nitrogens is 2. The Morgan fingerprint density at radius 3 is 2.31 bits per heavy atom. The van der Waals surface area contributed by atoms with Gasteiger partial charge in [-0.1, -0.05) is 29.8 Å². The number of nitrogens with one attached hydrogen (secondary N) is 2. The van der Waals surface area contributed by atoms with Crippen molar-refractivity contribution in [3.8, 4) is 0 Å². The van der Waals surface area contributed by atoms with Crippen LogP contribution in [-0.2, 0) is 12.6 Å². The predicted octanol–water partition coefficient (Wildman–Crippen LogP) is 5.44. The Morgan fingerprint density at radius 2 is 1.66 bits per heavy atom. The molecule has 0 aliphatic heterocycles. The lowest BCUT2D eigenvalue weighted by Gasteiger charge is -2.10. The highest BCUT2D eigenvalue weighted by molar-refractivity contribution is 6.30. The Morgan fingerprint density at radius 1 is 0.969 bits per heavy atom. The van der Waals surface area contributed by atoms with Crippen molar-refractivity contribution in [3.05, 3.63) is 104 Å². The van der Waals surface area contributed by atoms with Crippen LogP contribution in [0.2, 0.25) is 5.02 Å². The van der Waals surface area contributed by atoms with Gasteiger partial charge in [0.15, 0.2) is 0 Å². The van der Waals surface area contributed by atoms with E-state index in [1.807, 2.05) is 12.1 Å². The first-order valence-corrected chi connectivity index (χ1v) is 9.83. The maximum Gasteiger partial charge on any atom is 0.416 e. The zero-order chi connectivity index (χ0) is 22.9. The molecule has 1 heterocycles. The molecular formula is C23H15ClF3N3O2. The summed E-state index contributed by atoms with van der Waals surface area (Å²) in [6.45, 7) is 0. The first-order chi connectivity index (χ1) is 15.2. The number of fused-ring (bicyclic) bond motifs is 1. The van der Waals surface area contributed by atoms with Gasteiger partial charge < -0.3 is 5.32 Å². The molecule has 1 amide bonds. The highest BCUT2D eigenvalue weighted by Gasteiger charge is 2.30. The van der Waals surface area contributed by atoms with Crippen molar-refractivity contribution in [2.75, 3.05) is 5.32 Å². The number of nitrogens with zero attached hydrogens (tertiary/aromatic N) is 1. The molecule has 0 spiro atoms. The molecule has 0 saturated carbocycles. The highest BCUT2D eigenvalue weighted by Crippen LogP contribution is 2.29. The Bertz CT molecular complexity index is 1350. The number of hydrogen-bond acceptors (Lipinski definition) is 3. The highest BCUT2D eigenvalue weighted by atomic mass is 35.5. The Balaban J connectivity index is 1.59. The minimum atomic E-state index is -4.48. The smallest absolute Gasteiger partial charge is 0.322 e. The van der Waals surface area contributed by atoms with Gasteiger partial charge in [0.05, 0.1) is 16.6 Å². The molecule has 0 atom stereocenters. The minimum absolute atomic E-state index is 0.0603. The summed E-state index contributed by atoms with van der Waals surface area (Å²) in [6.07, 6.45) is -4.02. The van der Waals surface area contributed by atoms with E-state index in [1.165, 1.54) is 6.07 Å². The second-order valence-corrected chi connectivity index (χ2v) is 7.53. The van der Waals surface area contributed by atoms with Gasteiger partial charge in [-0.05, 0) is 54.1 Å². The van der Waals surface area contributed by atoms with Gasteiger partial charge in [0.2, 0.25) is 0 Å². The molecule has 0 aliphatic rings. The molecular weight excluding hydrogens is 443 g/mol. The number of carbonyl (C=O) groups is 1. The molecule has 0 aliphatic carbocycles. The van der Waals surface area contributed by atoms with Crippen LogP contribution >= 0.6 is 11.6 Å². The normalized spacial score (nSPS) is 11.5. The van der Waals surface area contributed by atoms with E-state index in [4.69, 9.17) is 11.6 Å². The Kier molecular flexibility index (Phi) is 5.71. The molecule has 3 aromatic carbocycles. The van der Waals surface area contributed by atoms with E-state index in [1.54, 1.807) is 24.3 Å². The summed E-state index contributed by atoms with van der Waals surface area (Å²) < 4.78 is 38.1. The van der Waals surface area contributed by atoms with Crippen molar-refractivity contribution in [2.45, 2.75) is 12.6 Å². The summed E-state index contributed by atoms with van der Waals surface area (Å²) in [4.78, 5) is 24.7. The van der Waals surface area contributed by atoms with Crippen LogP contribution in [-0.4, -0.2) is 16.1 Å². The van der Waals surface area contributed by atoms with Crippen molar-refractivity contribution in [2.24, 2.45) is 0 Å². The van der Waals surface area contributed by atoms with Crippen molar-refractivity contribution in [1.29, 1.82) is 0 Å². The molecule has 4 rings (SSSR count). The fourth-order valence-electron chi connectivity index (χ4n) is 3.24. The van der Waals surface area contributed by atoms with Gasteiger partial charge in [-0.3, -0.25) is 9.59 Å². The van der Waals surface area contributed by atoms with Crippen LogP contribution < -0.4 is 10.9 Å². The van der Waals surface area contributed by atoms with Crippen molar-refractivity contribution >= 4 is 34.0 Å². The number of H-pyrrole nitrogens is 1. The molecule has 0 bridgehead atoms. The second-order valence-electron chi connectivity index (χ2n) is 7.09. The molecule has 0 fully saturated rings. The molecule has 0 radical (unpaired) electrons. The summed E-state index contributed by atoms with van der Waals surface area (Å²) in [7, 11) is 0. The number of rotatable bonds is 4. The third-order valence-electron chi connectivity index (χ3n) is 4.88. The number of alkyl halides is 3. The van der Waals surface area contributed by atoms with E-state index in [2.05, 4.69) is 15.5 Å².